The number of aromatic hydroxyl groups is 1. The number of ether oxygens (including phenoxy) is 1. The van der Waals surface area contributed by atoms with Crippen LogP contribution in [0.25, 0.3) is 17.1 Å². The minimum Gasteiger partial charge on any atom is -0.508 e. The second-order valence-electron chi connectivity index (χ2n) is 11.5. The van der Waals surface area contributed by atoms with E-state index in [2.05, 4.69) is 5.16 Å². The molecule has 12 nitrogen and oxygen atoms in total. The van der Waals surface area contributed by atoms with Crippen LogP contribution in [-0.2, 0) is 25.5 Å². The molecule has 0 spiro atoms. The SMILES string of the molecule is NC(=O)C1=C(O)C2(O)C(=O)C3=C(O)c4c(O)ccc(-c5cc(C6CC6)no5)c4CC3CC2C(N2CCOCC2)C1=O. The van der Waals surface area contributed by atoms with Crippen LogP contribution in [0.1, 0.15) is 42.0 Å². The number of aliphatic hydroxyl groups is 3. The van der Waals surface area contributed by atoms with Crippen molar-refractivity contribution in [3.8, 4) is 17.1 Å². The van der Waals surface area contributed by atoms with Crippen LogP contribution >= 0.6 is 0 Å². The highest BCUT2D eigenvalue weighted by atomic mass is 16.5. The number of carbonyl (C=O) groups is 3. The number of Topliss-reactive ketones (excluding diaryl/α,β-unsaturated/α-hetero) is 2. The van der Waals surface area contributed by atoms with E-state index in [1.165, 1.54) is 6.07 Å². The van der Waals surface area contributed by atoms with Gasteiger partial charge in [-0.05, 0) is 49.3 Å². The molecule has 6 N–H and O–H groups in total. The van der Waals surface area contributed by atoms with Crippen LogP contribution in [0, 0.1) is 11.8 Å². The topological polar surface area (TPSA) is 197 Å². The first-order valence-electron chi connectivity index (χ1n) is 13.7. The summed E-state index contributed by atoms with van der Waals surface area (Å²) in [7, 11) is 0. The van der Waals surface area contributed by atoms with Gasteiger partial charge in [0.25, 0.3) is 5.91 Å². The molecular formula is C29H29N3O9. The van der Waals surface area contributed by atoms with Crippen LogP contribution in [0.2, 0.25) is 0 Å². The van der Waals surface area contributed by atoms with Crippen LogP contribution in [0.15, 0.2) is 39.6 Å². The molecular weight excluding hydrogens is 534 g/mol. The fourth-order valence-electron chi connectivity index (χ4n) is 7.14. The molecule has 1 saturated heterocycles. The van der Waals surface area contributed by atoms with Crippen LogP contribution < -0.4 is 5.73 Å². The molecule has 2 aromatic rings. The highest BCUT2D eigenvalue weighted by Gasteiger charge is 2.64. The Bertz CT molecular complexity index is 1580. The Kier molecular flexibility index (Phi) is 5.69. The number of aliphatic hydroxyl groups excluding tert-OH is 2. The fraction of sp³-hybridized carbons (Fsp3) is 0.448. The van der Waals surface area contributed by atoms with Crippen LogP contribution in [0.3, 0.4) is 0 Å². The number of fused-ring (bicyclic) bond motifs is 3. The Labute approximate surface area is 233 Å². The van der Waals surface area contributed by atoms with Gasteiger partial charge < -0.3 is 35.4 Å². The van der Waals surface area contributed by atoms with Crippen molar-refractivity contribution in [1.82, 2.24) is 10.1 Å². The van der Waals surface area contributed by atoms with Gasteiger partial charge in [0.15, 0.2) is 17.1 Å². The van der Waals surface area contributed by atoms with Crippen molar-refractivity contribution < 1.29 is 44.1 Å². The van der Waals surface area contributed by atoms with E-state index in [1.54, 1.807) is 11.0 Å². The van der Waals surface area contributed by atoms with Crippen molar-refractivity contribution in [2.24, 2.45) is 17.6 Å². The zero-order chi connectivity index (χ0) is 28.8. The van der Waals surface area contributed by atoms with E-state index >= 15 is 0 Å². The quantitative estimate of drug-likeness (QED) is 0.336. The largest absolute Gasteiger partial charge is 0.508 e. The molecule has 1 aliphatic heterocycles. The molecule has 12 heteroatoms. The maximum absolute atomic E-state index is 14.1. The summed E-state index contributed by atoms with van der Waals surface area (Å²) in [6.07, 6.45) is 2.25. The van der Waals surface area contributed by atoms with E-state index in [9.17, 15) is 34.8 Å². The second-order valence-corrected chi connectivity index (χ2v) is 11.5. The lowest BCUT2D eigenvalue weighted by Crippen LogP contribution is -2.67. The molecule has 1 aromatic carbocycles. The summed E-state index contributed by atoms with van der Waals surface area (Å²) in [5, 5.41) is 49.5. The molecule has 2 heterocycles. The molecule has 214 valence electrons. The van der Waals surface area contributed by atoms with E-state index < -0.39 is 58.0 Å². The zero-order valence-electron chi connectivity index (χ0n) is 22.0. The molecule has 3 fully saturated rings. The number of phenols is 1. The predicted octanol–water partition coefficient (Wildman–Crippen LogP) is 1.27. The Hall–Kier alpha value is -4.00. The lowest BCUT2D eigenvalue weighted by molar-refractivity contribution is -0.157. The van der Waals surface area contributed by atoms with Crippen molar-refractivity contribution in [2.75, 3.05) is 26.3 Å². The number of primary amides is 1. The zero-order valence-corrected chi connectivity index (χ0v) is 22.0. The van der Waals surface area contributed by atoms with E-state index in [-0.39, 0.29) is 29.7 Å². The number of benzene rings is 1. The number of carbonyl (C=O) groups excluding carboxylic acids is 3. The molecule has 4 atom stereocenters. The summed E-state index contributed by atoms with van der Waals surface area (Å²) in [5.41, 5.74) is 3.73. The van der Waals surface area contributed by atoms with Gasteiger partial charge >= 0.3 is 0 Å². The molecule has 1 amide bonds. The first kappa shape index (κ1) is 25.9. The van der Waals surface area contributed by atoms with Gasteiger partial charge in [-0.25, -0.2) is 0 Å². The summed E-state index contributed by atoms with van der Waals surface area (Å²) in [6, 6.07) is 3.76. The molecule has 7 rings (SSSR count). The van der Waals surface area contributed by atoms with Gasteiger partial charge in [-0.1, -0.05) is 5.16 Å². The highest BCUT2D eigenvalue weighted by molar-refractivity contribution is 6.24. The molecule has 0 radical (unpaired) electrons. The molecule has 5 aliphatic rings. The van der Waals surface area contributed by atoms with Crippen LogP contribution in [0.5, 0.6) is 5.75 Å². The van der Waals surface area contributed by atoms with Gasteiger partial charge in [-0.3, -0.25) is 19.3 Å². The van der Waals surface area contributed by atoms with Gasteiger partial charge in [0.2, 0.25) is 5.78 Å². The van der Waals surface area contributed by atoms with Crippen molar-refractivity contribution in [2.45, 2.75) is 43.2 Å². The van der Waals surface area contributed by atoms with Gasteiger partial charge in [0, 0.05) is 42.1 Å². The average molecular weight is 564 g/mol. The Balaban J connectivity index is 1.38. The number of nitrogens with zero attached hydrogens (tertiary/aromatic N) is 2. The minimum absolute atomic E-state index is 0.0173. The number of ketones is 2. The van der Waals surface area contributed by atoms with Crippen molar-refractivity contribution in [1.29, 1.82) is 0 Å². The third-order valence-corrected chi connectivity index (χ3v) is 9.28. The average Bonchev–Trinajstić information content (AvgIpc) is 3.68. The Morgan fingerprint density at radius 1 is 1.10 bits per heavy atom. The standard InChI is InChI=1S/C29H29N3O9/c30-28(38)22-25(35)23(32-5-7-40-8-6-32)16-10-13-9-15-14(19-11-17(31-41-19)12-1-2-12)3-4-18(33)21(15)24(34)20(13)26(36)29(16,39)27(22)37/h3-4,11-13,16,23,33-34,37,39H,1-2,5-10H2,(H2,30,38). The maximum Gasteiger partial charge on any atom is 0.255 e. The number of nitrogens with two attached hydrogens (primary N) is 1. The van der Waals surface area contributed by atoms with Crippen molar-refractivity contribution in [3.63, 3.8) is 0 Å². The van der Waals surface area contributed by atoms with E-state index in [1.807, 2.05) is 6.07 Å². The Morgan fingerprint density at radius 3 is 2.51 bits per heavy atom. The molecule has 4 unspecified atom stereocenters. The van der Waals surface area contributed by atoms with Crippen LogP contribution in [0.4, 0.5) is 0 Å². The number of aromatic nitrogens is 1. The third kappa shape index (κ3) is 3.63. The number of hydrogen-bond donors (Lipinski definition) is 5. The van der Waals surface area contributed by atoms with E-state index in [0.717, 1.165) is 18.5 Å². The number of amides is 1. The number of hydrogen-bond acceptors (Lipinski definition) is 11. The lowest BCUT2D eigenvalue weighted by atomic mass is 9.57. The van der Waals surface area contributed by atoms with Gasteiger partial charge in [0.1, 0.15) is 22.8 Å². The first-order valence-corrected chi connectivity index (χ1v) is 13.7. The van der Waals surface area contributed by atoms with Gasteiger partial charge in [-0.2, -0.15) is 0 Å². The number of morpholine rings is 1. The minimum atomic E-state index is -2.68. The van der Waals surface area contributed by atoms with E-state index in [4.69, 9.17) is 15.0 Å². The molecule has 41 heavy (non-hydrogen) atoms. The van der Waals surface area contributed by atoms with Crippen molar-refractivity contribution >= 4 is 23.2 Å². The normalized spacial score (nSPS) is 30.2. The van der Waals surface area contributed by atoms with Gasteiger partial charge in [-0.15, -0.1) is 0 Å². The number of rotatable bonds is 4. The monoisotopic (exact) mass is 563 g/mol. The summed E-state index contributed by atoms with van der Waals surface area (Å²) in [5.74, 6) is -5.99. The molecule has 0 bridgehead atoms. The summed E-state index contributed by atoms with van der Waals surface area (Å²) >= 11 is 0. The predicted molar refractivity (Wildman–Crippen MR) is 140 cm³/mol. The second kappa shape index (κ2) is 9.00. The lowest BCUT2D eigenvalue weighted by Gasteiger charge is -2.51. The summed E-state index contributed by atoms with van der Waals surface area (Å²) in [4.78, 5) is 41.8. The maximum atomic E-state index is 14.1. The summed E-state index contributed by atoms with van der Waals surface area (Å²) < 4.78 is 11.0. The third-order valence-electron chi connectivity index (χ3n) is 9.28. The van der Waals surface area contributed by atoms with Crippen LogP contribution in [-0.4, -0.2) is 85.9 Å². The first-order chi connectivity index (χ1) is 19.6. The van der Waals surface area contributed by atoms with E-state index in [0.29, 0.717) is 49.1 Å². The number of phenolic OH excluding ortho intramolecular Hbond substituents is 1. The Morgan fingerprint density at radius 2 is 1.83 bits per heavy atom. The molecule has 4 aliphatic carbocycles. The highest BCUT2D eigenvalue weighted by Crippen LogP contribution is 2.54. The molecule has 1 aromatic heterocycles. The summed E-state index contributed by atoms with van der Waals surface area (Å²) in [6.45, 7) is 1.21. The van der Waals surface area contributed by atoms with Crippen molar-refractivity contribution in [3.05, 3.63) is 51.9 Å². The van der Waals surface area contributed by atoms with Gasteiger partial charge in [0.05, 0.1) is 30.5 Å². The smallest absolute Gasteiger partial charge is 0.255 e. The molecule has 2 saturated carbocycles. The fourth-order valence-corrected chi connectivity index (χ4v) is 7.14.